The lowest BCUT2D eigenvalue weighted by Gasteiger charge is -2.07. The fourth-order valence-electron chi connectivity index (χ4n) is 1.92. The minimum atomic E-state index is -0.00814. The Morgan fingerprint density at radius 2 is 1.67 bits per heavy atom. The minimum Gasteiger partial charge on any atom is -0.494 e. The first-order valence-electron chi connectivity index (χ1n) is 6.90. The Labute approximate surface area is 129 Å². The Morgan fingerprint density at radius 3 is 2.29 bits per heavy atom. The van der Waals surface area contributed by atoms with E-state index in [1.54, 1.807) is 12.1 Å². The van der Waals surface area contributed by atoms with Crippen LogP contribution in [0.2, 0.25) is 5.02 Å². The van der Waals surface area contributed by atoms with Gasteiger partial charge in [0.2, 0.25) is 5.91 Å². The molecule has 0 saturated carbocycles. The van der Waals surface area contributed by atoms with Crippen molar-refractivity contribution >= 4 is 17.5 Å². The molecule has 3 nitrogen and oxygen atoms in total. The number of nitrogens with one attached hydrogen (secondary N) is 1. The van der Waals surface area contributed by atoms with Crippen LogP contribution in [0.1, 0.15) is 18.1 Å². The first-order valence-corrected chi connectivity index (χ1v) is 7.28. The van der Waals surface area contributed by atoms with Crippen LogP contribution in [-0.2, 0) is 17.8 Å². The fraction of sp³-hybridized carbons (Fsp3) is 0.235. The van der Waals surface area contributed by atoms with Gasteiger partial charge in [-0.15, -0.1) is 0 Å². The van der Waals surface area contributed by atoms with Crippen molar-refractivity contribution in [3.8, 4) is 5.75 Å². The fourth-order valence-corrected chi connectivity index (χ4v) is 2.05. The molecule has 0 aliphatic carbocycles. The summed E-state index contributed by atoms with van der Waals surface area (Å²) in [7, 11) is 0. The zero-order valence-electron chi connectivity index (χ0n) is 11.9. The number of amides is 1. The Balaban J connectivity index is 1.81. The summed E-state index contributed by atoms with van der Waals surface area (Å²) in [6, 6.07) is 15.0. The summed E-state index contributed by atoms with van der Waals surface area (Å²) in [6.45, 7) is 3.11. The van der Waals surface area contributed by atoms with Gasteiger partial charge in [0.15, 0.2) is 0 Å². The summed E-state index contributed by atoms with van der Waals surface area (Å²) in [5.41, 5.74) is 1.99. The summed E-state index contributed by atoms with van der Waals surface area (Å²) in [5, 5.41) is 3.58. The van der Waals surface area contributed by atoms with Crippen LogP contribution >= 0.6 is 11.6 Å². The van der Waals surface area contributed by atoms with Crippen LogP contribution < -0.4 is 10.1 Å². The average molecular weight is 304 g/mol. The largest absolute Gasteiger partial charge is 0.494 e. The van der Waals surface area contributed by atoms with Crippen molar-refractivity contribution in [2.75, 3.05) is 6.61 Å². The lowest BCUT2D eigenvalue weighted by Crippen LogP contribution is -2.24. The van der Waals surface area contributed by atoms with E-state index in [9.17, 15) is 4.79 Å². The maximum absolute atomic E-state index is 11.9. The highest BCUT2D eigenvalue weighted by Crippen LogP contribution is 2.12. The summed E-state index contributed by atoms with van der Waals surface area (Å²) in [4.78, 5) is 11.9. The van der Waals surface area contributed by atoms with Gasteiger partial charge in [-0.05, 0) is 42.3 Å². The molecule has 0 spiro atoms. The summed E-state index contributed by atoms with van der Waals surface area (Å²) >= 11 is 5.81. The van der Waals surface area contributed by atoms with Crippen LogP contribution in [0, 0.1) is 0 Å². The van der Waals surface area contributed by atoms with Gasteiger partial charge in [-0.1, -0.05) is 35.9 Å². The van der Waals surface area contributed by atoms with E-state index in [1.807, 2.05) is 43.3 Å². The van der Waals surface area contributed by atoms with Crippen molar-refractivity contribution in [2.45, 2.75) is 19.9 Å². The molecule has 0 fully saturated rings. The van der Waals surface area contributed by atoms with E-state index in [2.05, 4.69) is 5.32 Å². The maximum atomic E-state index is 11.9. The molecule has 0 heterocycles. The number of hydrogen-bond donors (Lipinski definition) is 1. The highest BCUT2D eigenvalue weighted by Gasteiger charge is 2.03. The molecule has 0 aliphatic heterocycles. The summed E-state index contributed by atoms with van der Waals surface area (Å²) in [6.07, 6.45) is 0.355. The zero-order chi connectivity index (χ0) is 15.1. The smallest absolute Gasteiger partial charge is 0.224 e. The van der Waals surface area contributed by atoms with E-state index in [4.69, 9.17) is 16.3 Å². The van der Waals surface area contributed by atoms with E-state index in [0.717, 1.165) is 16.9 Å². The monoisotopic (exact) mass is 303 g/mol. The van der Waals surface area contributed by atoms with Crippen LogP contribution in [0.4, 0.5) is 0 Å². The lowest BCUT2D eigenvalue weighted by molar-refractivity contribution is -0.120. The van der Waals surface area contributed by atoms with Gasteiger partial charge >= 0.3 is 0 Å². The van der Waals surface area contributed by atoms with Gasteiger partial charge in [0, 0.05) is 11.6 Å². The molecule has 2 aromatic carbocycles. The number of carbonyl (C=O) groups is 1. The Kier molecular flexibility index (Phi) is 5.64. The normalized spacial score (nSPS) is 10.2. The molecule has 0 bridgehead atoms. The van der Waals surface area contributed by atoms with Gasteiger partial charge in [0.25, 0.3) is 0 Å². The molecule has 21 heavy (non-hydrogen) atoms. The van der Waals surface area contributed by atoms with Gasteiger partial charge < -0.3 is 10.1 Å². The van der Waals surface area contributed by atoms with Gasteiger partial charge in [-0.25, -0.2) is 0 Å². The third kappa shape index (κ3) is 5.12. The molecule has 110 valence electrons. The van der Waals surface area contributed by atoms with Crippen molar-refractivity contribution in [3.63, 3.8) is 0 Å². The van der Waals surface area contributed by atoms with Crippen molar-refractivity contribution in [1.82, 2.24) is 5.32 Å². The van der Waals surface area contributed by atoms with Crippen LogP contribution in [0.15, 0.2) is 48.5 Å². The van der Waals surface area contributed by atoms with Gasteiger partial charge in [0.1, 0.15) is 5.75 Å². The zero-order valence-corrected chi connectivity index (χ0v) is 12.7. The van der Waals surface area contributed by atoms with Gasteiger partial charge in [-0.3, -0.25) is 4.79 Å². The van der Waals surface area contributed by atoms with Crippen LogP contribution in [-0.4, -0.2) is 12.5 Å². The SMILES string of the molecule is CCOc1ccc(CNC(=O)Cc2ccc(Cl)cc2)cc1. The number of rotatable bonds is 6. The van der Waals surface area contributed by atoms with Crippen LogP contribution in [0.3, 0.4) is 0 Å². The molecular weight excluding hydrogens is 286 g/mol. The second kappa shape index (κ2) is 7.70. The lowest BCUT2D eigenvalue weighted by atomic mass is 10.1. The molecule has 0 unspecified atom stereocenters. The number of benzene rings is 2. The molecule has 0 atom stereocenters. The second-order valence-corrected chi connectivity index (χ2v) is 5.09. The standard InChI is InChI=1S/C17H18ClNO2/c1-2-21-16-9-5-14(6-10-16)12-19-17(20)11-13-3-7-15(18)8-4-13/h3-10H,2,11-12H2,1H3,(H,19,20). The Hall–Kier alpha value is -2.00. The van der Waals surface area contributed by atoms with Crippen molar-refractivity contribution < 1.29 is 9.53 Å². The molecular formula is C17H18ClNO2. The van der Waals surface area contributed by atoms with E-state index in [1.165, 1.54) is 0 Å². The first-order chi connectivity index (χ1) is 10.2. The first kappa shape index (κ1) is 15.4. The molecule has 1 amide bonds. The maximum Gasteiger partial charge on any atom is 0.224 e. The molecule has 4 heteroatoms. The van der Waals surface area contributed by atoms with E-state index < -0.39 is 0 Å². The Morgan fingerprint density at radius 1 is 1.05 bits per heavy atom. The molecule has 0 radical (unpaired) electrons. The highest BCUT2D eigenvalue weighted by atomic mass is 35.5. The summed E-state index contributed by atoms with van der Waals surface area (Å²) in [5.74, 6) is 0.833. The van der Waals surface area contributed by atoms with E-state index in [0.29, 0.717) is 24.6 Å². The van der Waals surface area contributed by atoms with Crippen LogP contribution in [0.5, 0.6) is 5.75 Å². The van der Waals surface area contributed by atoms with Crippen molar-refractivity contribution in [3.05, 3.63) is 64.7 Å². The number of hydrogen-bond acceptors (Lipinski definition) is 2. The second-order valence-electron chi connectivity index (χ2n) is 4.66. The topological polar surface area (TPSA) is 38.3 Å². The highest BCUT2D eigenvalue weighted by molar-refractivity contribution is 6.30. The average Bonchev–Trinajstić information content (AvgIpc) is 2.49. The minimum absolute atomic E-state index is 0.00814. The summed E-state index contributed by atoms with van der Waals surface area (Å²) < 4.78 is 5.38. The van der Waals surface area contributed by atoms with Gasteiger partial charge in [0.05, 0.1) is 13.0 Å². The molecule has 0 saturated heterocycles. The third-order valence-electron chi connectivity index (χ3n) is 3.00. The predicted molar refractivity (Wildman–Crippen MR) is 84.6 cm³/mol. The molecule has 0 aromatic heterocycles. The Bertz CT molecular complexity index is 579. The van der Waals surface area contributed by atoms with Crippen molar-refractivity contribution in [2.24, 2.45) is 0 Å². The molecule has 1 N–H and O–H groups in total. The van der Waals surface area contributed by atoms with Crippen molar-refractivity contribution in [1.29, 1.82) is 0 Å². The molecule has 2 rings (SSSR count). The quantitative estimate of drug-likeness (QED) is 0.885. The number of carbonyl (C=O) groups excluding carboxylic acids is 1. The number of halogens is 1. The predicted octanol–water partition coefficient (Wildman–Crippen LogP) is 3.60. The molecule has 0 aliphatic rings. The molecule has 2 aromatic rings. The van der Waals surface area contributed by atoms with Gasteiger partial charge in [-0.2, -0.15) is 0 Å². The van der Waals surface area contributed by atoms with E-state index >= 15 is 0 Å². The number of ether oxygens (including phenoxy) is 1. The third-order valence-corrected chi connectivity index (χ3v) is 3.25. The van der Waals surface area contributed by atoms with E-state index in [-0.39, 0.29) is 5.91 Å². The van der Waals surface area contributed by atoms with Crippen LogP contribution in [0.25, 0.3) is 0 Å².